The van der Waals surface area contributed by atoms with Gasteiger partial charge in [-0.3, -0.25) is 0 Å². The average Bonchev–Trinajstić information content (AvgIpc) is 2.76. The summed E-state index contributed by atoms with van der Waals surface area (Å²) in [5.74, 6) is 0.241. The van der Waals surface area contributed by atoms with Gasteiger partial charge in [0, 0.05) is 0 Å². The fourth-order valence-corrected chi connectivity index (χ4v) is 1.40. The van der Waals surface area contributed by atoms with Crippen LogP contribution in [-0.2, 0) is 5.88 Å². The second kappa shape index (κ2) is 4.49. The molecule has 2 aromatic rings. The van der Waals surface area contributed by atoms with Gasteiger partial charge in [-0.1, -0.05) is 6.07 Å². The Kier molecular flexibility index (Phi) is 3.05. The Morgan fingerprint density at radius 3 is 2.88 bits per heavy atom. The minimum atomic E-state index is -0.482. The van der Waals surface area contributed by atoms with E-state index in [2.05, 4.69) is 10.2 Å². The molecule has 1 aromatic heterocycles. The molecule has 0 unspecified atom stereocenters. The number of halogens is 2. The number of benzene rings is 1. The number of hydrogen-bond acceptors (Lipinski definition) is 4. The second-order valence-electron chi connectivity index (χ2n) is 2.95. The van der Waals surface area contributed by atoms with Gasteiger partial charge >= 0.3 is 0 Å². The van der Waals surface area contributed by atoms with Gasteiger partial charge in [0.25, 0.3) is 5.89 Å². The maximum absolute atomic E-state index is 13.6. The molecule has 0 saturated heterocycles. The molecular weight excluding hydrogens is 235 g/mol. The van der Waals surface area contributed by atoms with Crippen molar-refractivity contribution in [3.63, 3.8) is 0 Å². The highest BCUT2D eigenvalue weighted by Crippen LogP contribution is 2.31. The van der Waals surface area contributed by atoms with Crippen LogP contribution >= 0.6 is 11.6 Å². The van der Waals surface area contributed by atoms with Gasteiger partial charge in [-0.2, -0.15) is 0 Å². The van der Waals surface area contributed by atoms with E-state index in [4.69, 9.17) is 20.8 Å². The van der Waals surface area contributed by atoms with Gasteiger partial charge in [0.15, 0.2) is 0 Å². The van der Waals surface area contributed by atoms with Crippen LogP contribution in [0.2, 0.25) is 0 Å². The predicted octanol–water partition coefficient (Wildman–Crippen LogP) is 2.62. The molecule has 16 heavy (non-hydrogen) atoms. The fourth-order valence-electron chi connectivity index (χ4n) is 1.29. The molecule has 1 aromatic carbocycles. The average molecular weight is 243 g/mol. The lowest BCUT2D eigenvalue weighted by molar-refractivity contribution is 0.410. The quantitative estimate of drug-likeness (QED) is 0.777. The van der Waals surface area contributed by atoms with Crippen LogP contribution in [0.4, 0.5) is 4.39 Å². The molecule has 0 radical (unpaired) electrons. The van der Waals surface area contributed by atoms with E-state index in [0.29, 0.717) is 5.75 Å². The second-order valence-corrected chi connectivity index (χ2v) is 3.22. The van der Waals surface area contributed by atoms with E-state index in [0.717, 1.165) is 0 Å². The molecule has 0 bridgehead atoms. The molecule has 2 rings (SSSR count). The molecule has 0 atom stereocenters. The molecule has 0 amide bonds. The number of methoxy groups -OCH3 is 1. The summed E-state index contributed by atoms with van der Waals surface area (Å²) in [6, 6.07) is 4.45. The maximum atomic E-state index is 13.6. The van der Waals surface area contributed by atoms with Crippen LogP contribution in [0.15, 0.2) is 22.6 Å². The van der Waals surface area contributed by atoms with Crippen LogP contribution in [-0.4, -0.2) is 17.3 Å². The van der Waals surface area contributed by atoms with Crippen LogP contribution in [0.5, 0.6) is 5.75 Å². The molecule has 6 heteroatoms. The highest BCUT2D eigenvalue weighted by Gasteiger charge is 2.17. The van der Waals surface area contributed by atoms with Gasteiger partial charge in [0.2, 0.25) is 5.89 Å². The van der Waals surface area contributed by atoms with Crippen molar-refractivity contribution < 1.29 is 13.5 Å². The molecule has 4 nitrogen and oxygen atoms in total. The van der Waals surface area contributed by atoms with Crippen molar-refractivity contribution in [3.05, 3.63) is 29.9 Å². The molecule has 0 N–H and O–H groups in total. The molecule has 0 aliphatic carbocycles. The molecule has 0 saturated carbocycles. The molecule has 0 aliphatic rings. The summed E-state index contributed by atoms with van der Waals surface area (Å²) in [6.07, 6.45) is 0. The van der Waals surface area contributed by atoms with Crippen molar-refractivity contribution in [1.29, 1.82) is 0 Å². The summed E-state index contributed by atoms with van der Waals surface area (Å²) >= 11 is 5.52. The Morgan fingerprint density at radius 1 is 1.44 bits per heavy atom. The van der Waals surface area contributed by atoms with E-state index in [1.54, 1.807) is 6.07 Å². The molecule has 0 fully saturated rings. The van der Waals surface area contributed by atoms with Crippen LogP contribution in [0.3, 0.4) is 0 Å². The Labute approximate surface area is 96.0 Å². The van der Waals surface area contributed by atoms with E-state index >= 15 is 0 Å². The van der Waals surface area contributed by atoms with Crippen molar-refractivity contribution >= 4 is 11.6 Å². The number of hydrogen-bond donors (Lipinski definition) is 0. The van der Waals surface area contributed by atoms with Gasteiger partial charge in [-0.15, -0.1) is 21.8 Å². The van der Waals surface area contributed by atoms with Crippen LogP contribution < -0.4 is 4.74 Å². The van der Waals surface area contributed by atoms with E-state index in [-0.39, 0.29) is 23.2 Å². The molecule has 1 heterocycles. The van der Waals surface area contributed by atoms with Gasteiger partial charge < -0.3 is 9.15 Å². The summed E-state index contributed by atoms with van der Waals surface area (Å²) in [6.45, 7) is 0. The molecule has 84 valence electrons. The lowest BCUT2D eigenvalue weighted by Crippen LogP contribution is -1.91. The van der Waals surface area contributed by atoms with Gasteiger partial charge in [-0.05, 0) is 12.1 Å². The van der Waals surface area contributed by atoms with Crippen LogP contribution in [0, 0.1) is 5.82 Å². The summed E-state index contributed by atoms with van der Waals surface area (Å²) in [5, 5.41) is 7.36. The minimum absolute atomic E-state index is 0.0607. The predicted molar refractivity (Wildman–Crippen MR) is 55.8 cm³/mol. The van der Waals surface area contributed by atoms with Crippen LogP contribution in [0.1, 0.15) is 5.89 Å². The first-order valence-electron chi connectivity index (χ1n) is 4.47. The van der Waals surface area contributed by atoms with Crippen molar-refractivity contribution in [2.75, 3.05) is 7.11 Å². The normalized spacial score (nSPS) is 10.4. The highest BCUT2D eigenvalue weighted by molar-refractivity contribution is 6.16. The molecular formula is C10H8ClFN2O2. The van der Waals surface area contributed by atoms with Crippen molar-refractivity contribution in [3.8, 4) is 17.2 Å². The zero-order valence-corrected chi connectivity index (χ0v) is 9.16. The Morgan fingerprint density at radius 2 is 2.25 bits per heavy atom. The minimum Gasteiger partial charge on any atom is -0.496 e. The zero-order valence-electron chi connectivity index (χ0n) is 8.41. The standard InChI is InChI=1S/C10H8ClFN2O2/c1-15-7-4-2-3-6(12)9(7)10-14-13-8(5-11)16-10/h2-4H,5H2,1H3. The SMILES string of the molecule is COc1cccc(F)c1-c1nnc(CCl)o1. The number of alkyl halides is 1. The van der Waals surface area contributed by atoms with Gasteiger partial charge in [0.1, 0.15) is 23.0 Å². The summed E-state index contributed by atoms with van der Waals surface area (Å²) in [5.41, 5.74) is 0.147. The van der Waals surface area contributed by atoms with Gasteiger partial charge in [-0.25, -0.2) is 4.39 Å². The number of aromatic nitrogens is 2. The van der Waals surface area contributed by atoms with Crippen molar-refractivity contribution in [2.45, 2.75) is 5.88 Å². The largest absolute Gasteiger partial charge is 0.496 e. The van der Waals surface area contributed by atoms with E-state index in [9.17, 15) is 4.39 Å². The fraction of sp³-hybridized carbons (Fsp3) is 0.200. The van der Waals surface area contributed by atoms with E-state index in [1.807, 2.05) is 0 Å². The molecule has 0 aliphatic heterocycles. The van der Waals surface area contributed by atoms with Crippen LogP contribution in [0.25, 0.3) is 11.5 Å². The number of ether oxygens (including phenoxy) is 1. The third-order valence-electron chi connectivity index (χ3n) is 1.99. The Hall–Kier alpha value is -1.62. The third kappa shape index (κ3) is 1.86. The first-order valence-corrected chi connectivity index (χ1v) is 5.01. The van der Waals surface area contributed by atoms with E-state index < -0.39 is 5.82 Å². The first-order chi connectivity index (χ1) is 7.76. The monoisotopic (exact) mass is 242 g/mol. The lowest BCUT2D eigenvalue weighted by Gasteiger charge is -2.04. The van der Waals surface area contributed by atoms with Crippen molar-refractivity contribution in [2.24, 2.45) is 0 Å². The third-order valence-corrected chi connectivity index (χ3v) is 2.22. The lowest BCUT2D eigenvalue weighted by atomic mass is 10.2. The first kappa shape index (κ1) is 10.9. The molecule has 0 spiro atoms. The topological polar surface area (TPSA) is 48.2 Å². The highest BCUT2D eigenvalue weighted by atomic mass is 35.5. The van der Waals surface area contributed by atoms with Crippen molar-refractivity contribution in [1.82, 2.24) is 10.2 Å². The van der Waals surface area contributed by atoms with Gasteiger partial charge in [0.05, 0.1) is 7.11 Å². The zero-order chi connectivity index (χ0) is 11.5. The Bertz CT molecular complexity index is 501. The smallest absolute Gasteiger partial charge is 0.254 e. The summed E-state index contributed by atoms with van der Waals surface area (Å²) in [4.78, 5) is 0. The van der Waals surface area contributed by atoms with E-state index in [1.165, 1.54) is 19.2 Å². The maximum Gasteiger partial charge on any atom is 0.254 e. The number of nitrogens with zero attached hydrogens (tertiary/aromatic N) is 2. The summed E-state index contributed by atoms with van der Waals surface area (Å²) < 4.78 is 23.8. The number of rotatable bonds is 3. The summed E-state index contributed by atoms with van der Waals surface area (Å²) in [7, 11) is 1.44. The Balaban J connectivity index is 2.53.